The Morgan fingerprint density at radius 2 is 2.00 bits per heavy atom. The summed E-state index contributed by atoms with van der Waals surface area (Å²) >= 11 is 3.48. The van der Waals surface area contributed by atoms with Crippen LogP contribution in [0.1, 0.15) is 22.3 Å². The number of aliphatic carboxylic acids is 1. The predicted molar refractivity (Wildman–Crippen MR) is 83.5 cm³/mol. The van der Waals surface area contributed by atoms with Gasteiger partial charge in [-0.2, -0.15) is 0 Å². The first-order chi connectivity index (χ1) is 9.99. The van der Waals surface area contributed by atoms with Crippen LogP contribution in [-0.4, -0.2) is 59.5 Å². The average Bonchev–Trinajstić information content (AvgIpc) is 2.66. The number of benzene rings is 1. The summed E-state index contributed by atoms with van der Waals surface area (Å²) in [5, 5.41) is 8.85. The predicted octanol–water partition coefficient (Wildman–Crippen LogP) is 1.99. The van der Waals surface area contributed by atoms with Crippen LogP contribution in [-0.2, 0) is 4.79 Å². The third-order valence-corrected chi connectivity index (χ3v) is 4.71. The van der Waals surface area contributed by atoms with Gasteiger partial charge in [-0.25, -0.2) is 0 Å². The standard InChI is InChI=1S/C15H19BrN2O3/c1-11-4-2-5-12(14(11)16)15(21)18-7-3-6-17(8-9-18)10-13(19)20/h2,4-5H,3,6-10H2,1H3,(H,19,20). The largest absolute Gasteiger partial charge is 0.480 e. The van der Waals surface area contributed by atoms with E-state index in [-0.39, 0.29) is 12.5 Å². The van der Waals surface area contributed by atoms with Gasteiger partial charge in [0.2, 0.25) is 0 Å². The molecule has 1 aliphatic heterocycles. The molecule has 1 amide bonds. The lowest BCUT2D eigenvalue weighted by molar-refractivity contribution is -0.138. The quantitative estimate of drug-likeness (QED) is 0.901. The molecule has 114 valence electrons. The lowest BCUT2D eigenvalue weighted by atomic mass is 10.1. The first-order valence-corrected chi connectivity index (χ1v) is 7.77. The highest BCUT2D eigenvalue weighted by molar-refractivity contribution is 9.10. The number of carbonyl (C=O) groups is 2. The van der Waals surface area contributed by atoms with Crippen LogP contribution < -0.4 is 0 Å². The van der Waals surface area contributed by atoms with Crippen molar-refractivity contribution < 1.29 is 14.7 Å². The fourth-order valence-corrected chi connectivity index (χ4v) is 2.94. The van der Waals surface area contributed by atoms with E-state index in [1.54, 1.807) is 4.90 Å². The van der Waals surface area contributed by atoms with E-state index < -0.39 is 5.97 Å². The van der Waals surface area contributed by atoms with Gasteiger partial charge in [0.1, 0.15) is 0 Å². The summed E-state index contributed by atoms with van der Waals surface area (Å²) in [6, 6.07) is 5.65. The molecule has 0 radical (unpaired) electrons. The number of rotatable bonds is 3. The molecule has 0 aromatic heterocycles. The molecule has 1 saturated heterocycles. The maximum atomic E-state index is 12.6. The second-order valence-electron chi connectivity index (χ2n) is 5.25. The second kappa shape index (κ2) is 7.04. The number of amides is 1. The zero-order valence-electron chi connectivity index (χ0n) is 12.0. The van der Waals surface area contributed by atoms with Gasteiger partial charge < -0.3 is 10.0 Å². The summed E-state index contributed by atoms with van der Waals surface area (Å²) in [7, 11) is 0. The van der Waals surface area contributed by atoms with Crippen molar-refractivity contribution in [3.05, 3.63) is 33.8 Å². The van der Waals surface area contributed by atoms with E-state index in [2.05, 4.69) is 15.9 Å². The first-order valence-electron chi connectivity index (χ1n) is 6.97. The van der Waals surface area contributed by atoms with E-state index in [4.69, 9.17) is 5.11 Å². The Kier molecular flexibility index (Phi) is 5.36. The summed E-state index contributed by atoms with van der Waals surface area (Å²) in [6.45, 7) is 4.53. The van der Waals surface area contributed by atoms with Crippen LogP contribution in [0.25, 0.3) is 0 Å². The summed E-state index contributed by atoms with van der Waals surface area (Å²) in [5.74, 6) is -0.820. The minimum absolute atomic E-state index is 0.00255. The van der Waals surface area contributed by atoms with E-state index >= 15 is 0 Å². The van der Waals surface area contributed by atoms with Crippen molar-refractivity contribution in [3.8, 4) is 0 Å². The molecule has 6 heteroatoms. The Morgan fingerprint density at radius 3 is 2.71 bits per heavy atom. The summed E-state index contributed by atoms with van der Waals surface area (Å²) in [5.41, 5.74) is 1.70. The van der Waals surface area contributed by atoms with Crippen LogP contribution in [0.15, 0.2) is 22.7 Å². The van der Waals surface area contributed by atoms with E-state index in [1.807, 2.05) is 30.0 Å². The van der Waals surface area contributed by atoms with Crippen LogP contribution >= 0.6 is 15.9 Å². The van der Waals surface area contributed by atoms with Crippen LogP contribution in [0, 0.1) is 6.92 Å². The minimum Gasteiger partial charge on any atom is -0.480 e. The summed E-state index contributed by atoms with van der Waals surface area (Å²) in [6.07, 6.45) is 0.794. The molecule has 2 rings (SSSR count). The Bertz CT molecular complexity index is 548. The summed E-state index contributed by atoms with van der Waals surface area (Å²) < 4.78 is 0.835. The van der Waals surface area contributed by atoms with E-state index in [0.29, 0.717) is 31.7 Å². The normalized spacial score (nSPS) is 16.6. The molecule has 1 aromatic rings. The van der Waals surface area contributed by atoms with Crippen molar-refractivity contribution in [2.75, 3.05) is 32.7 Å². The van der Waals surface area contributed by atoms with E-state index in [0.717, 1.165) is 16.5 Å². The van der Waals surface area contributed by atoms with Crippen molar-refractivity contribution >= 4 is 27.8 Å². The Balaban J connectivity index is 2.06. The monoisotopic (exact) mass is 354 g/mol. The highest BCUT2D eigenvalue weighted by Gasteiger charge is 2.22. The van der Waals surface area contributed by atoms with Crippen molar-refractivity contribution in [3.63, 3.8) is 0 Å². The number of carbonyl (C=O) groups excluding carboxylic acids is 1. The van der Waals surface area contributed by atoms with E-state index in [9.17, 15) is 9.59 Å². The van der Waals surface area contributed by atoms with Gasteiger partial charge in [0.15, 0.2) is 0 Å². The molecule has 1 fully saturated rings. The van der Waals surface area contributed by atoms with Gasteiger partial charge in [0, 0.05) is 30.7 Å². The van der Waals surface area contributed by atoms with Crippen LogP contribution in [0.3, 0.4) is 0 Å². The molecule has 0 aliphatic carbocycles. The third kappa shape index (κ3) is 4.04. The maximum Gasteiger partial charge on any atom is 0.317 e. The van der Waals surface area contributed by atoms with Crippen molar-refractivity contribution in [1.82, 2.24) is 9.80 Å². The maximum absolute atomic E-state index is 12.6. The van der Waals surface area contributed by atoms with Gasteiger partial charge >= 0.3 is 5.97 Å². The third-order valence-electron chi connectivity index (χ3n) is 3.66. The Morgan fingerprint density at radius 1 is 1.24 bits per heavy atom. The van der Waals surface area contributed by atoms with Crippen LogP contribution in [0.4, 0.5) is 0 Å². The zero-order valence-corrected chi connectivity index (χ0v) is 13.6. The number of hydrogen-bond donors (Lipinski definition) is 1. The molecule has 0 unspecified atom stereocenters. The summed E-state index contributed by atoms with van der Waals surface area (Å²) in [4.78, 5) is 27.1. The molecule has 1 N–H and O–H groups in total. The Labute approximate surface area is 132 Å². The average molecular weight is 355 g/mol. The molecule has 1 heterocycles. The topological polar surface area (TPSA) is 60.9 Å². The minimum atomic E-state index is -0.823. The molecule has 1 aliphatic rings. The molecule has 0 bridgehead atoms. The highest BCUT2D eigenvalue weighted by Crippen LogP contribution is 2.23. The van der Waals surface area contributed by atoms with Gasteiger partial charge in [0.05, 0.1) is 12.1 Å². The lowest BCUT2D eigenvalue weighted by Crippen LogP contribution is -2.36. The smallest absolute Gasteiger partial charge is 0.317 e. The lowest BCUT2D eigenvalue weighted by Gasteiger charge is -2.22. The second-order valence-corrected chi connectivity index (χ2v) is 6.05. The highest BCUT2D eigenvalue weighted by atomic mass is 79.9. The number of carboxylic acid groups (broad SMARTS) is 1. The number of aryl methyl sites for hydroxylation is 1. The molecule has 0 atom stereocenters. The number of hydrogen-bond acceptors (Lipinski definition) is 3. The molecule has 5 nitrogen and oxygen atoms in total. The van der Waals surface area contributed by atoms with Gasteiger partial charge in [0.25, 0.3) is 5.91 Å². The molecule has 21 heavy (non-hydrogen) atoms. The fourth-order valence-electron chi connectivity index (χ4n) is 2.51. The fraction of sp³-hybridized carbons (Fsp3) is 0.467. The molecular weight excluding hydrogens is 336 g/mol. The number of halogens is 1. The van der Waals surface area contributed by atoms with Crippen molar-refractivity contribution in [2.24, 2.45) is 0 Å². The van der Waals surface area contributed by atoms with Crippen LogP contribution in [0.5, 0.6) is 0 Å². The van der Waals surface area contributed by atoms with E-state index in [1.165, 1.54) is 0 Å². The zero-order chi connectivity index (χ0) is 15.4. The molecule has 0 saturated carbocycles. The van der Waals surface area contributed by atoms with Crippen molar-refractivity contribution in [1.29, 1.82) is 0 Å². The van der Waals surface area contributed by atoms with Crippen LogP contribution in [0.2, 0.25) is 0 Å². The van der Waals surface area contributed by atoms with Crippen molar-refractivity contribution in [2.45, 2.75) is 13.3 Å². The van der Waals surface area contributed by atoms with Gasteiger partial charge in [-0.15, -0.1) is 0 Å². The number of nitrogens with zero attached hydrogens (tertiary/aromatic N) is 2. The number of carboxylic acids is 1. The first kappa shape index (κ1) is 16.0. The van der Waals surface area contributed by atoms with Gasteiger partial charge in [-0.05, 0) is 40.9 Å². The molecule has 1 aromatic carbocycles. The molecule has 0 spiro atoms. The van der Waals surface area contributed by atoms with Gasteiger partial charge in [-0.3, -0.25) is 14.5 Å². The SMILES string of the molecule is Cc1cccc(C(=O)N2CCCN(CC(=O)O)CC2)c1Br. The molecular formula is C15H19BrN2O3. The Hall–Kier alpha value is -1.40. The van der Waals surface area contributed by atoms with Gasteiger partial charge in [-0.1, -0.05) is 12.1 Å².